The Hall–Kier alpha value is -0.170. The first kappa shape index (κ1) is 14.9. The van der Waals surface area contributed by atoms with Gasteiger partial charge in [-0.3, -0.25) is 0 Å². The summed E-state index contributed by atoms with van der Waals surface area (Å²) in [7, 11) is -1.01. The van der Waals surface area contributed by atoms with Crippen molar-refractivity contribution in [3.05, 3.63) is 0 Å². The minimum atomic E-state index is -3.08. The van der Waals surface area contributed by atoms with E-state index in [9.17, 15) is 8.42 Å². The van der Waals surface area contributed by atoms with Gasteiger partial charge in [0.1, 0.15) is 0 Å². The molecule has 0 aromatic carbocycles. The van der Waals surface area contributed by atoms with E-state index in [4.69, 9.17) is 0 Å². The third-order valence-corrected chi connectivity index (χ3v) is 5.23. The molecule has 0 spiro atoms. The van der Waals surface area contributed by atoms with E-state index in [2.05, 4.69) is 24.2 Å². The highest BCUT2D eigenvalue weighted by molar-refractivity contribution is 7.89. The average molecular weight is 263 g/mol. The first-order valence-corrected chi connectivity index (χ1v) is 8.01. The van der Waals surface area contributed by atoms with E-state index in [-0.39, 0.29) is 5.75 Å². The normalized spacial score (nSPS) is 24.1. The topological polar surface area (TPSA) is 52.7 Å². The van der Waals surface area contributed by atoms with Crippen molar-refractivity contribution in [2.24, 2.45) is 0 Å². The van der Waals surface area contributed by atoms with Crippen LogP contribution in [0.5, 0.6) is 0 Å². The second kappa shape index (κ2) is 6.68. The predicted octanol–water partition coefficient (Wildman–Crippen LogP) is -0.0483. The number of piperazine rings is 1. The van der Waals surface area contributed by atoms with Gasteiger partial charge in [0.05, 0.1) is 5.75 Å². The largest absolute Gasteiger partial charge is 0.316 e. The summed E-state index contributed by atoms with van der Waals surface area (Å²) in [5.74, 6) is 0.209. The van der Waals surface area contributed by atoms with Crippen molar-refractivity contribution in [1.29, 1.82) is 0 Å². The van der Waals surface area contributed by atoms with E-state index < -0.39 is 10.0 Å². The van der Waals surface area contributed by atoms with Gasteiger partial charge in [0.15, 0.2) is 0 Å². The minimum Gasteiger partial charge on any atom is -0.316 e. The first-order valence-electron chi connectivity index (χ1n) is 6.40. The fourth-order valence-corrected chi connectivity index (χ4v) is 3.54. The van der Waals surface area contributed by atoms with E-state index in [0.717, 1.165) is 19.5 Å². The van der Waals surface area contributed by atoms with E-state index >= 15 is 0 Å². The van der Waals surface area contributed by atoms with Crippen LogP contribution in [0.4, 0.5) is 0 Å². The molecule has 0 aromatic heterocycles. The van der Waals surface area contributed by atoms with Gasteiger partial charge in [-0.2, -0.15) is 4.31 Å². The first-order chi connectivity index (χ1) is 8.01. The van der Waals surface area contributed by atoms with Crippen LogP contribution in [-0.4, -0.2) is 69.2 Å². The van der Waals surface area contributed by atoms with Gasteiger partial charge < -0.3 is 10.2 Å². The van der Waals surface area contributed by atoms with Gasteiger partial charge in [-0.25, -0.2) is 8.42 Å². The van der Waals surface area contributed by atoms with Gasteiger partial charge in [-0.15, -0.1) is 0 Å². The zero-order valence-corrected chi connectivity index (χ0v) is 12.0. The number of likely N-dealkylation sites (N-methyl/N-ethyl adjacent to an activating group) is 1. The SMILES string of the molecule is CCNCCS(=O)(=O)N1CCN(C)C(CC)C1. The summed E-state index contributed by atoms with van der Waals surface area (Å²) in [6.07, 6.45) is 0.996. The number of nitrogens with one attached hydrogen (secondary N) is 1. The Balaban J connectivity index is 2.54. The van der Waals surface area contributed by atoms with Crippen molar-refractivity contribution in [1.82, 2.24) is 14.5 Å². The number of hydrogen-bond donors (Lipinski definition) is 1. The van der Waals surface area contributed by atoms with Crippen LogP contribution in [0.1, 0.15) is 20.3 Å². The van der Waals surface area contributed by atoms with Crippen molar-refractivity contribution in [2.75, 3.05) is 45.5 Å². The highest BCUT2D eigenvalue weighted by atomic mass is 32.2. The predicted molar refractivity (Wildman–Crippen MR) is 70.6 cm³/mol. The molecule has 1 aliphatic rings. The molecule has 1 rings (SSSR count). The maximum Gasteiger partial charge on any atom is 0.215 e. The molecule has 0 aromatic rings. The molecule has 102 valence electrons. The molecule has 6 heteroatoms. The number of nitrogens with zero attached hydrogens (tertiary/aromatic N) is 2. The van der Waals surface area contributed by atoms with Crippen LogP contribution in [0, 0.1) is 0 Å². The van der Waals surface area contributed by atoms with E-state index in [0.29, 0.717) is 25.7 Å². The lowest BCUT2D eigenvalue weighted by molar-refractivity contribution is 0.144. The zero-order valence-electron chi connectivity index (χ0n) is 11.1. The van der Waals surface area contributed by atoms with E-state index in [1.165, 1.54) is 0 Å². The third kappa shape index (κ3) is 4.21. The number of rotatable bonds is 6. The van der Waals surface area contributed by atoms with Crippen LogP contribution >= 0.6 is 0 Å². The summed E-state index contributed by atoms with van der Waals surface area (Å²) >= 11 is 0. The summed E-state index contributed by atoms with van der Waals surface area (Å²) < 4.78 is 25.8. The molecule has 1 fully saturated rings. The number of sulfonamides is 1. The smallest absolute Gasteiger partial charge is 0.215 e. The Labute approximate surface area is 105 Å². The summed E-state index contributed by atoms with van der Waals surface area (Å²) in [4.78, 5) is 2.25. The molecule has 0 radical (unpaired) electrons. The summed E-state index contributed by atoms with van der Waals surface area (Å²) in [5.41, 5.74) is 0. The Bertz CT molecular complexity index is 319. The Kier molecular flexibility index (Phi) is 5.85. The van der Waals surface area contributed by atoms with Crippen LogP contribution in [0.25, 0.3) is 0 Å². The molecule has 0 aliphatic carbocycles. The quantitative estimate of drug-likeness (QED) is 0.683. The van der Waals surface area contributed by atoms with Crippen molar-refractivity contribution < 1.29 is 8.42 Å². The van der Waals surface area contributed by atoms with Gasteiger partial charge in [-0.05, 0) is 20.0 Å². The van der Waals surface area contributed by atoms with Crippen molar-refractivity contribution in [2.45, 2.75) is 26.3 Å². The standard InChI is InChI=1S/C11H25N3O2S/c1-4-11-10-14(8-7-13(11)3)17(15,16)9-6-12-5-2/h11-12H,4-10H2,1-3H3. The average Bonchev–Trinajstić information content (AvgIpc) is 2.29. The lowest BCUT2D eigenvalue weighted by atomic mass is 10.1. The molecule has 5 nitrogen and oxygen atoms in total. The van der Waals surface area contributed by atoms with Crippen molar-refractivity contribution >= 4 is 10.0 Å². The maximum atomic E-state index is 12.1. The molecular weight excluding hydrogens is 238 g/mol. The molecule has 1 aliphatic heterocycles. The molecule has 1 heterocycles. The second-order valence-corrected chi connectivity index (χ2v) is 6.66. The lowest BCUT2D eigenvalue weighted by Crippen LogP contribution is -2.53. The van der Waals surface area contributed by atoms with Gasteiger partial charge in [0.25, 0.3) is 0 Å². The molecule has 1 atom stereocenters. The monoisotopic (exact) mass is 263 g/mol. The van der Waals surface area contributed by atoms with Gasteiger partial charge in [-0.1, -0.05) is 13.8 Å². The molecule has 1 saturated heterocycles. The fraction of sp³-hybridized carbons (Fsp3) is 1.00. The lowest BCUT2D eigenvalue weighted by Gasteiger charge is -2.38. The molecular formula is C11H25N3O2S. The summed E-state index contributed by atoms with van der Waals surface area (Å²) in [6, 6.07) is 0.359. The maximum absolute atomic E-state index is 12.1. The Morgan fingerprint density at radius 3 is 2.59 bits per heavy atom. The van der Waals surface area contributed by atoms with Crippen LogP contribution < -0.4 is 5.32 Å². The Morgan fingerprint density at radius 1 is 1.29 bits per heavy atom. The number of hydrogen-bond acceptors (Lipinski definition) is 4. The van der Waals surface area contributed by atoms with Crippen LogP contribution in [-0.2, 0) is 10.0 Å². The molecule has 0 bridgehead atoms. The van der Waals surface area contributed by atoms with Gasteiger partial charge in [0.2, 0.25) is 10.0 Å². The van der Waals surface area contributed by atoms with E-state index in [1.54, 1.807) is 4.31 Å². The van der Waals surface area contributed by atoms with Crippen molar-refractivity contribution in [3.63, 3.8) is 0 Å². The molecule has 17 heavy (non-hydrogen) atoms. The van der Waals surface area contributed by atoms with Gasteiger partial charge >= 0.3 is 0 Å². The van der Waals surface area contributed by atoms with E-state index in [1.807, 2.05) is 6.92 Å². The van der Waals surface area contributed by atoms with Crippen molar-refractivity contribution in [3.8, 4) is 0 Å². The second-order valence-electron chi connectivity index (χ2n) is 4.57. The molecule has 1 unspecified atom stereocenters. The molecule has 1 N–H and O–H groups in total. The van der Waals surface area contributed by atoms with Crippen LogP contribution in [0.3, 0.4) is 0 Å². The molecule has 0 amide bonds. The molecule has 0 saturated carbocycles. The fourth-order valence-electron chi connectivity index (χ4n) is 2.12. The highest BCUT2D eigenvalue weighted by Crippen LogP contribution is 2.14. The van der Waals surface area contributed by atoms with Gasteiger partial charge in [0, 0.05) is 32.2 Å². The van der Waals surface area contributed by atoms with Crippen LogP contribution in [0.15, 0.2) is 0 Å². The Morgan fingerprint density at radius 2 is 2.00 bits per heavy atom. The zero-order chi connectivity index (χ0) is 12.9. The highest BCUT2D eigenvalue weighted by Gasteiger charge is 2.30. The third-order valence-electron chi connectivity index (χ3n) is 3.39. The summed E-state index contributed by atoms with van der Waals surface area (Å²) in [6.45, 7) is 7.55. The van der Waals surface area contributed by atoms with Crippen LogP contribution in [0.2, 0.25) is 0 Å². The minimum absolute atomic E-state index is 0.209. The summed E-state index contributed by atoms with van der Waals surface area (Å²) in [5, 5.41) is 3.06.